The molecule has 1 aromatic rings. The van der Waals surface area contributed by atoms with E-state index in [1.165, 1.54) is 0 Å². The van der Waals surface area contributed by atoms with E-state index < -0.39 is 0 Å². The van der Waals surface area contributed by atoms with Gasteiger partial charge in [-0.15, -0.1) is 0 Å². The van der Waals surface area contributed by atoms with Gasteiger partial charge >= 0.3 is 0 Å². The number of nitrogens with zero attached hydrogens (tertiary/aromatic N) is 2. The highest BCUT2D eigenvalue weighted by Crippen LogP contribution is 2.21. The predicted molar refractivity (Wildman–Crippen MR) is 99.0 cm³/mol. The van der Waals surface area contributed by atoms with Crippen molar-refractivity contribution in [2.24, 2.45) is 10.9 Å². The van der Waals surface area contributed by atoms with Gasteiger partial charge in [0.15, 0.2) is 5.96 Å². The summed E-state index contributed by atoms with van der Waals surface area (Å²) in [4.78, 5) is 6.64. The zero-order chi connectivity index (χ0) is 17.4. The van der Waals surface area contributed by atoms with Crippen molar-refractivity contribution in [3.8, 4) is 0 Å². The molecule has 24 heavy (non-hydrogen) atoms. The topological polar surface area (TPSA) is 46.1 Å². The van der Waals surface area contributed by atoms with Crippen molar-refractivity contribution in [1.82, 2.24) is 10.2 Å². The van der Waals surface area contributed by atoms with Gasteiger partial charge in [-0.25, -0.2) is 0 Å². The van der Waals surface area contributed by atoms with Gasteiger partial charge in [0.05, 0.1) is 19.8 Å². The highest BCUT2D eigenvalue weighted by atomic mass is 35.5. The number of aliphatic imine (C=N–C) groups is 1. The first-order valence-corrected chi connectivity index (χ1v) is 8.85. The van der Waals surface area contributed by atoms with Gasteiger partial charge in [0, 0.05) is 49.8 Å². The van der Waals surface area contributed by atoms with Crippen molar-refractivity contribution in [2.45, 2.75) is 13.0 Å². The van der Waals surface area contributed by atoms with Crippen molar-refractivity contribution in [2.75, 3.05) is 47.1 Å². The molecule has 0 spiro atoms. The molecule has 1 aliphatic heterocycles. The molecule has 0 radical (unpaired) electrons. The summed E-state index contributed by atoms with van der Waals surface area (Å²) >= 11 is 12.1. The second-order valence-corrected chi connectivity index (χ2v) is 6.65. The van der Waals surface area contributed by atoms with Crippen LogP contribution in [0.25, 0.3) is 0 Å². The van der Waals surface area contributed by atoms with Gasteiger partial charge in [-0.2, -0.15) is 0 Å². The van der Waals surface area contributed by atoms with Crippen molar-refractivity contribution in [3.05, 3.63) is 33.8 Å². The first-order valence-electron chi connectivity index (χ1n) is 8.10. The third-order valence-electron chi connectivity index (χ3n) is 4.03. The predicted octanol–water partition coefficient (Wildman–Crippen LogP) is 3.05. The van der Waals surface area contributed by atoms with E-state index in [1.54, 1.807) is 20.2 Å². The van der Waals surface area contributed by atoms with Gasteiger partial charge in [0.2, 0.25) is 0 Å². The Morgan fingerprint density at radius 2 is 2.21 bits per heavy atom. The van der Waals surface area contributed by atoms with Crippen LogP contribution in [0.1, 0.15) is 12.0 Å². The monoisotopic (exact) mass is 373 g/mol. The number of guanidine groups is 1. The molecule has 0 aliphatic carbocycles. The van der Waals surface area contributed by atoms with Crippen LogP contribution in [0.4, 0.5) is 0 Å². The van der Waals surface area contributed by atoms with Gasteiger partial charge in [0.1, 0.15) is 0 Å². The van der Waals surface area contributed by atoms with Crippen molar-refractivity contribution >= 4 is 29.2 Å². The minimum absolute atomic E-state index is 0.527. The molecule has 0 bridgehead atoms. The Kier molecular flexibility index (Phi) is 8.12. The molecule has 1 aromatic carbocycles. The summed E-state index contributed by atoms with van der Waals surface area (Å²) in [7, 11) is 3.48. The lowest BCUT2D eigenvalue weighted by molar-refractivity contribution is 0.0536. The number of hydrogen-bond acceptors (Lipinski definition) is 3. The average molecular weight is 374 g/mol. The maximum absolute atomic E-state index is 6.22. The Hall–Kier alpha value is -1.01. The van der Waals surface area contributed by atoms with Crippen molar-refractivity contribution in [1.29, 1.82) is 0 Å². The minimum Gasteiger partial charge on any atom is -0.382 e. The van der Waals surface area contributed by atoms with Crippen LogP contribution in [0.15, 0.2) is 23.2 Å². The Bertz CT molecular complexity index is 555. The third-order valence-corrected chi connectivity index (χ3v) is 4.62. The number of hydrogen-bond donors (Lipinski definition) is 1. The van der Waals surface area contributed by atoms with Crippen LogP contribution in [0.3, 0.4) is 0 Å². The third kappa shape index (κ3) is 5.81. The molecule has 0 saturated carbocycles. The Morgan fingerprint density at radius 3 is 2.92 bits per heavy atom. The largest absolute Gasteiger partial charge is 0.382 e. The first kappa shape index (κ1) is 19.3. The highest BCUT2D eigenvalue weighted by molar-refractivity contribution is 6.35. The smallest absolute Gasteiger partial charge is 0.193 e. The second-order valence-electron chi connectivity index (χ2n) is 5.80. The van der Waals surface area contributed by atoms with Crippen molar-refractivity contribution < 1.29 is 9.47 Å². The maximum atomic E-state index is 6.22. The molecule has 7 heteroatoms. The van der Waals surface area contributed by atoms with Gasteiger partial charge in [-0.1, -0.05) is 29.3 Å². The van der Waals surface area contributed by atoms with Crippen LogP contribution in [0.2, 0.25) is 10.0 Å². The average Bonchev–Trinajstić information content (AvgIpc) is 3.03. The number of ether oxygens (including phenoxy) is 2. The van der Waals surface area contributed by atoms with E-state index in [1.807, 2.05) is 12.1 Å². The lowest BCUT2D eigenvalue weighted by atomic mass is 10.1. The first-order chi connectivity index (χ1) is 11.6. The minimum atomic E-state index is 0.527. The molecule has 1 N–H and O–H groups in total. The number of methoxy groups -OCH3 is 1. The fourth-order valence-corrected chi connectivity index (χ4v) is 3.20. The number of nitrogens with one attached hydrogen (secondary N) is 1. The van der Waals surface area contributed by atoms with Crippen LogP contribution < -0.4 is 5.32 Å². The van der Waals surface area contributed by atoms with Crippen LogP contribution in [-0.2, 0) is 16.0 Å². The fraction of sp³-hybridized carbons (Fsp3) is 0.588. The Balaban J connectivity index is 1.80. The summed E-state index contributed by atoms with van der Waals surface area (Å²) in [5.41, 5.74) is 1.00. The Morgan fingerprint density at radius 1 is 1.38 bits per heavy atom. The van der Waals surface area contributed by atoms with Gasteiger partial charge in [-0.05, 0) is 24.1 Å². The number of halogens is 2. The van der Waals surface area contributed by atoms with E-state index in [2.05, 4.69) is 15.2 Å². The van der Waals surface area contributed by atoms with Crippen LogP contribution in [-0.4, -0.2) is 57.9 Å². The molecular weight excluding hydrogens is 349 g/mol. The SMILES string of the molecule is CN=C(NCc1ccc(Cl)cc1Cl)N1CCC(COCCOC)C1. The highest BCUT2D eigenvalue weighted by Gasteiger charge is 2.24. The molecule has 1 aliphatic rings. The molecule has 2 rings (SSSR count). The summed E-state index contributed by atoms with van der Waals surface area (Å²) in [6, 6.07) is 5.53. The van der Waals surface area contributed by atoms with E-state index in [0.717, 1.165) is 37.6 Å². The summed E-state index contributed by atoms with van der Waals surface area (Å²) < 4.78 is 10.6. The summed E-state index contributed by atoms with van der Waals surface area (Å²) in [6.07, 6.45) is 1.11. The number of likely N-dealkylation sites (tertiary alicyclic amines) is 1. The summed E-state index contributed by atoms with van der Waals surface area (Å²) in [5, 5.41) is 4.68. The zero-order valence-electron chi connectivity index (χ0n) is 14.2. The van der Waals surface area contributed by atoms with Gasteiger partial charge in [-0.3, -0.25) is 4.99 Å². The molecule has 1 heterocycles. The molecule has 5 nitrogen and oxygen atoms in total. The van der Waals surface area contributed by atoms with Crippen LogP contribution >= 0.6 is 23.2 Å². The van der Waals surface area contributed by atoms with E-state index in [9.17, 15) is 0 Å². The van der Waals surface area contributed by atoms with Crippen LogP contribution in [0.5, 0.6) is 0 Å². The number of rotatable bonds is 7. The standard InChI is InChI=1S/C17H25Cl2N3O2/c1-20-17(21-10-14-3-4-15(18)9-16(14)19)22-6-5-13(11-22)12-24-8-7-23-2/h3-4,9,13H,5-8,10-12H2,1-2H3,(H,20,21). The molecule has 1 unspecified atom stereocenters. The lowest BCUT2D eigenvalue weighted by Gasteiger charge is -2.22. The summed E-state index contributed by atoms with van der Waals surface area (Å²) in [5.74, 6) is 1.42. The fourth-order valence-electron chi connectivity index (χ4n) is 2.72. The van der Waals surface area contributed by atoms with Gasteiger partial charge in [0.25, 0.3) is 0 Å². The van der Waals surface area contributed by atoms with E-state index >= 15 is 0 Å². The van der Waals surface area contributed by atoms with Gasteiger partial charge < -0.3 is 19.7 Å². The molecule has 1 saturated heterocycles. The molecular formula is C17H25Cl2N3O2. The van der Waals surface area contributed by atoms with E-state index in [4.69, 9.17) is 32.7 Å². The molecule has 134 valence electrons. The van der Waals surface area contributed by atoms with Crippen molar-refractivity contribution in [3.63, 3.8) is 0 Å². The van der Waals surface area contributed by atoms with E-state index in [-0.39, 0.29) is 0 Å². The maximum Gasteiger partial charge on any atom is 0.193 e. The second kappa shape index (κ2) is 10.1. The number of benzene rings is 1. The Labute approximate surface area is 153 Å². The molecule has 0 aromatic heterocycles. The van der Waals surface area contributed by atoms with E-state index in [0.29, 0.717) is 35.7 Å². The quantitative estimate of drug-likeness (QED) is 0.453. The molecule has 1 fully saturated rings. The molecule has 0 amide bonds. The lowest BCUT2D eigenvalue weighted by Crippen LogP contribution is -2.39. The molecule has 1 atom stereocenters. The summed E-state index contributed by atoms with van der Waals surface area (Å²) in [6.45, 7) is 4.60. The zero-order valence-corrected chi connectivity index (χ0v) is 15.7. The normalized spacial score (nSPS) is 18.2. The van der Waals surface area contributed by atoms with Crippen LogP contribution in [0, 0.1) is 5.92 Å².